The number of hydrogen-bond donors (Lipinski definition) is 1. The maximum absolute atomic E-state index is 11.6. The Morgan fingerprint density at radius 1 is 1.42 bits per heavy atom. The van der Waals surface area contributed by atoms with E-state index in [2.05, 4.69) is 21.9 Å². The second kappa shape index (κ2) is 6.33. The predicted octanol–water partition coefficient (Wildman–Crippen LogP) is 2.33. The molecule has 0 unspecified atom stereocenters. The molecule has 0 atom stereocenters. The standard InChI is InChI=1S/C14H15N3OS/c1-3-8-15-13(18)9-19-14-11-6-4-5-7-12(11)16-10(2)17-14/h3-7H,1,8-9H2,2H3,(H,15,18). The molecule has 0 aliphatic heterocycles. The molecule has 0 saturated heterocycles. The van der Waals surface area contributed by atoms with Crippen LogP contribution in [0.5, 0.6) is 0 Å². The normalized spacial score (nSPS) is 10.4. The quantitative estimate of drug-likeness (QED) is 0.516. The Kier molecular flexibility index (Phi) is 4.52. The van der Waals surface area contributed by atoms with Crippen molar-refractivity contribution < 1.29 is 4.79 Å². The van der Waals surface area contributed by atoms with Crippen molar-refractivity contribution in [3.63, 3.8) is 0 Å². The number of carbonyl (C=O) groups is 1. The first-order chi connectivity index (χ1) is 9.20. The highest BCUT2D eigenvalue weighted by Crippen LogP contribution is 2.24. The van der Waals surface area contributed by atoms with Gasteiger partial charge in [-0.15, -0.1) is 6.58 Å². The van der Waals surface area contributed by atoms with E-state index in [1.54, 1.807) is 6.08 Å². The lowest BCUT2D eigenvalue weighted by Crippen LogP contribution is -2.24. The van der Waals surface area contributed by atoms with Gasteiger partial charge in [0, 0.05) is 11.9 Å². The third-order valence-electron chi connectivity index (χ3n) is 2.46. The molecule has 0 spiro atoms. The van der Waals surface area contributed by atoms with Crippen molar-refractivity contribution in [3.05, 3.63) is 42.7 Å². The molecular formula is C14H15N3OS. The highest BCUT2D eigenvalue weighted by Gasteiger charge is 2.08. The van der Waals surface area contributed by atoms with E-state index in [0.29, 0.717) is 18.1 Å². The van der Waals surface area contributed by atoms with Gasteiger partial charge in [-0.1, -0.05) is 36.0 Å². The van der Waals surface area contributed by atoms with Crippen molar-refractivity contribution >= 4 is 28.6 Å². The lowest BCUT2D eigenvalue weighted by Gasteiger charge is -2.06. The number of hydrogen-bond acceptors (Lipinski definition) is 4. The van der Waals surface area contributed by atoms with Crippen LogP contribution in [0.15, 0.2) is 41.9 Å². The smallest absolute Gasteiger partial charge is 0.230 e. The molecule has 0 saturated carbocycles. The van der Waals surface area contributed by atoms with Crippen molar-refractivity contribution in [3.8, 4) is 0 Å². The molecular weight excluding hydrogens is 258 g/mol. The maximum atomic E-state index is 11.6. The van der Waals surface area contributed by atoms with Gasteiger partial charge in [0.05, 0.1) is 11.3 Å². The first-order valence-electron chi connectivity index (χ1n) is 5.94. The SMILES string of the molecule is C=CCNC(=O)CSc1nc(C)nc2ccccc12. The van der Waals surface area contributed by atoms with Crippen LogP contribution in [0.2, 0.25) is 0 Å². The van der Waals surface area contributed by atoms with E-state index in [1.165, 1.54) is 11.8 Å². The fourth-order valence-corrected chi connectivity index (χ4v) is 2.53. The molecule has 0 radical (unpaired) electrons. The second-order valence-corrected chi connectivity index (χ2v) is 4.94. The van der Waals surface area contributed by atoms with E-state index < -0.39 is 0 Å². The Balaban J connectivity index is 2.16. The van der Waals surface area contributed by atoms with Crippen LogP contribution >= 0.6 is 11.8 Å². The van der Waals surface area contributed by atoms with Gasteiger partial charge in [-0.25, -0.2) is 9.97 Å². The van der Waals surface area contributed by atoms with Crippen LogP contribution in [0.4, 0.5) is 0 Å². The number of para-hydroxylation sites is 1. The fourth-order valence-electron chi connectivity index (χ4n) is 1.64. The zero-order chi connectivity index (χ0) is 13.7. The molecule has 1 aromatic carbocycles. The van der Waals surface area contributed by atoms with Crippen LogP contribution in [-0.4, -0.2) is 28.2 Å². The lowest BCUT2D eigenvalue weighted by atomic mass is 10.2. The largest absolute Gasteiger partial charge is 0.352 e. The summed E-state index contributed by atoms with van der Waals surface area (Å²) in [6.45, 7) is 5.91. The zero-order valence-corrected chi connectivity index (χ0v) is 11.5. The average Bonchev–Trinajstić information content (AvgIpc) is 2.42. The third kappa shape index (κ3) is 3.54. The van der Waals surface area contributed by atoms with Crippen LogP contribution in [0.25, 0.3) is 10.9 Å². The highest BCUT2D eigenvalue weighted by molar-refractivity contribution is 8.00. The molecule has 98 valence electrons. The number of nitrogens with zero attached hydrogens (tertiary/aromatic N) is 2. The van der Waals surface area contributed by atoms with Crippen molar-refractivity contribution in [1.82, 2.24) is 15.3 Å². The summed E-state index contributed by atoms with van der Waals surface area (Å²) in [4.78, 5) is 20.4. The van der Waals surface area contributed by atoms with Gasteiger partial charge in [-0.2, -0.15) is 0 Å². The van der Waals surface area contributed by atoms with E-state index in [-0.39, 0.29) is 5.91 Å². The molecule has 1 amide bonds. The molecule has 1 heterocycles. The number of amides is 1. The molecule has 4 nitrogen and oxygen atoms in total. The Labute approximate surface area is 116 Å². The van der Waals surface area contributed by atoms with Gasteiger partial charge < -0.3 is 5.32 Å². The third-order valence-corrected chi connectivity index (χ3v) is 3.45. The first-order valence-corrected chi connectivity index (χ1v) is 6.93. The van der Waals surface area contributed by atoms with E-state index in [0.717, 1.165) is 15.9 Å². The number of nitrogens with one attached hydrogen (secondary N) is 1. The molecule has 2 rings (SSSR count). The second-order valence-electron chi connectivity index (χ2n) is 3.97. The lowest BCUT2D eigenvalue weighted by molar-refractivity contribution is -0.118. The molecule has 0 fully saturated rings. The van der Waals surface area contributed by atoms with E-state index in [9.17, 15) is 4.79 Å². The van der Waals surface area contributed by atoms with Crippen LogP contribution in [0.3, 0.4) is 0 Å². The highest BCUT2D eigenvalue weighted by atomic mass is 32.2. The number of fused-ring (bicyclic) bond motifs is 1. The average molecular weight is 273 g/mol. The van der Waals surface area contributed by atoms with Crippen LogP contribution in [0.1, 0.15) is 5.82 Å². The molecule has 0 bridgehead atoms. The molecule has 0 aliphatic carbocycles. The van der Waals surface area contributed by atoms with Gasteiger partial charge in [-0.3, -0.25) is 4.79 Å². The number of benzene rings is 1. The summed E-state index contributed by atoms with van der Waals surface area (Å²) in [5.41, 5.74) is 0.906. The van der Waals surface area contributed by atoms with Crippen molar-refractivity contribution in [1.29, 1.82) is 0 Å². The molecule has 1 aromatic heterocycles. The zero-order valence-electron chi connectivity index (χ0n) is 10.7. The predicted molar refractivity (Wildman–Crippen MR) is 78.2 cm³/mol. The van der Waals surface area contributed by atoms with Gasteiger partial charge >= 0.3 is 0 Å². The fraction of sp³-hybridized carbons (Fsp3) is 0.214. The number of rotatable bonds is 5. The Morgan fingerprint density at radius 3 is 3.00 bits per heavy atom. The minimum absolute atomic E-state index is 0.0229. The minimum Gasteiger partial charge on any atom is -0.352 e. The molecule has 19 heavy (non-hydrogen) atoms. The van der Waals surface area contributed by atoms with E-state index >= 15 is 0 Å². The summed E-state index contributed by atoms with van der Waals surface area (Å²) in [6, 6.07) is 7.81. The van der Waals surface area contributed by atoms with Gasteiger partial charge in [0.1, 0.15) is 10.9 Å². The summed E-state index contributed by atoms with van der Waals surface area (Å²) < 4.78 is 0. The molecule has 2 aromatic rings. The van der Waals surface area contributed by atoms with Crippen molar-refractivity contribution in [2.45, 2.75) is 11.9 Å². The number of aromatic nitrogens is 2. The summed E-state index contributed by atoms with van der Waals surface area (Å²) in [6.07, 6.45) is 1.66. The van der Waals surface area contributed by atoms with Gasteiger partial charge in [-0.05, 0) is 13.0 Å². The number of aryl methyl sites for hydroxylation is 1. The monoisotopic (exact) mass is 273 g/mol. The topological polar surface area (TPSA) is 54.9 Å². The molecule has 1 N–H and O–H groups in total. The summed E-state index contributed by atoms with van der Waals surface area (Å²) in [7, 11) is 0. The van der Waals surface area contributed by atoms with Crippen LogP contribution in [-0.2, 0) is 4.79 Å². The van der Waals surface area contributed by atoms with Gasteiger partial charge in [0.2, 0.25) is 5.91 Å². The van der Waals surface area contributed by atoms with E-state index in [4.69, 9.17) is 0 Å². The number of carbonyl (C=O) groups excluding carboxylic acids is 1. The molecule has 0 aliphatic rings. The molecule has 5 heteroatoms. The Morgan fingerprint density at radius 2 is 2.21 bits per heavy atom. The van der Waals surface area contributed by atoms with Gasteiger partial charge in [0.15, 0.2) is 0 Å². The van der Waals surface area contributed by atoms with E-state index in [1.807, 2.05) is 31.2 Å². The van der Waals surface area contributed by atoms with Gasteiger partial charge in [0.25, 0.3) is 0 Å². The van der Waals surface area contributed by atoms with Crippen LogP contribution in [0, 0.1) is 6.92 Å². The Bertz CT molecular complexity index is 613. The summed E-state index contributed by atoms with van der Waals surface area (Å²) >= 11 is 1.43. The maximum Gasteiger partial charge on any atom is 0.230 e. The minimum atomic E-state index is -0.0229. The van der Waals surface area contributed by atoms with Crippen LogP contribution < -0.4 is 5.32 Å². The number of thioether (sulfide) groups is 1. The first kappa shape index (κ1) is 13.5. The summed E-state index contributed by atoms with van der Waals surface area (Å²) in [5.74, 6) is 1.03. The van der Waals surface area contributed by atoms with Crippen molar-refractivity contribution in [2.75, 3.05) is 12.3 Å². The Hall–Kier alpha value is -1.88. The summed E-state index contributed by atoms with van der Waals surface area (Å²) in [5, 5.41) is 4.57. The van der Waals surface area contributed by atoms with Crippen molar-refractivity contribution in [2.24, 2.45) is 0 Å².